The van der Waals surface area contributed by atoms with E-state index in [2.05, 4.69) is 33.1 Å². The number of hydrogen-bond donors (Lipinski definition) is 0. The zero-order valence-corrected chi connectivity index (χ0v) is 11.0. The normalized spacial score (nSPS) is 13.9. The number of rotatable bonds is 3. The number of ether oxygens (including phenoxy) is 1. The van der Waals surface area contributed by atoms with Gasteiger partial charge in [0.15, 0.2) is 0 Å². The van der Waals surface area contributed by atoms with Gasteiger partial charge in [-0.15, -0.1) is 0 Å². The van der Waals surface area contributed by atoms with E-state index in [1.165, 1.54) is 22.4 Å². The smallest absolute Gasteiger partial charge is 0.217 e. The van der Waals surface area contributed by atoms with Crippen LogP contribution in [0, 0.1) is 0 Å². The molecule has 2 heterocycles. The van der Waals surface area contributed by atoms with Gasteiger partial charge >= 0.3 is 0 Å². The molecule has 0 spiro atoms. The van der Waals surface area contributed by atoms with Gasteiger partial charge in [0, 0.05) is 44.3 Å². The van der Waals surface area contributed by atoms with Gasteiger partial charge in [0.05, 0.1) is 6.61 Å². The van der Waals surface area contributed by atoms with Crippen LogP contribution >= 0.6 is 30.1 Å². The Labute approximate surface area is 100 Å². The van der Waals surface area contributed by atoms with E-state index in [0.29, 0.717) is 0 Å². The number of pyridine rings is 1. The molecule has 0 saturated carbocycles. The zero-order valence-electron chi connectivity index (χ0n) is 8.05. The molecular formula is C10H12INOS. The second-order valence-electron chi connectivity index (χ2n) is 3.32. The second kappa shape index (κ2) is 4.70. The molecule has 0 radical (unpaired) electrons. The number of nitrogens with zero attached hydrogens (tertiary/aromatic N) is 1. The van der Waals surface area contributed by atoms with E-state index >= 15 is 0 Å². The zero-order chi connectivity index (χ0) is 9.97. The van der Waals surface area contributed by atoms with Crippen molar-refractivity contribution in [2.75, 3.05) is 6.61 Å². The lowest BCUT2D eigenvalue weighted by Gasteiger charge is -2.08. The summed E-state index contributed by atoms with van der Waals surface area (Å²) in [6.45, 7) is 2.99. The molecule has 0 unspecified atom stereocenters. The van der Waals surface area contributed by atoms with Crippen molar-refractivity contribution in [2.45, 2.75) is 31.1 Å². The molecule has 1 aromatic rings. The van der Waals surface area contributed by atoms with Crippen LogP contribution in [0.15, 0.2) is 11.1 Å². The highest BCUT2D eigenvalue weighted by Gasteiger charge is 2.20. The lowest BCUT2D eigenvalue weighted by Crippen LogP contribution is -1.93. The average Bonchev–Trinajstić information content (AvgIpc) is 2.66. The Bertz CT molecular complexity index is 343. The van der Waals surface area contributed by atoms with Crippen molar-refractivity contribution in [1.82, 2.24) is 4.98 Å². The van der Waals surface area contributed by atoms with E-state index in [1.807, 2.05) is 6.20 Å². The fourth-order valence-electron chi connectivity index (χ4n) is 1.70. The fourth-order valence-corrected chi connectivity index (χ4v) is 3.88. The monoisotopic (exact) mass is 321 g/mol. The van der Waals surface area contributed by atoms with Crippen LogP contribution in [0.3, 0.4) is 0 Å². The van der Waals surface area contributed by atoms with Gasteiger partial charge in [0.25, 0.3) is 0 Å². The largest absolute Gasteiger partial charge is 0.477 e. The van der Waals surface area contributed by atoms with Crippen LogP contribution in [0.5, 0.6) is 5.88 Å². The summed E-state index contributed by atoms with van der Waals surface area (Å²) in [7, 11) is 1.79. The van der Waals surface area contributed by atoms with Gasteiger partial charge in [0.1, 0.15) is 0 Å². The molecule has 1 aliphatic heterocycles. The van der Waals surface area contributed by atoms with Crippen LogP contribution in [0.1, 0.15) is 24.5 Å². The molecule has 0 saturated heterocycles. The molecule has 2 rings (SSSR count). The minimum Gasteiger partial charge on any atom is -0.477 e. The van der Waals surface area contributed by atoms with E-state index < -0.39 is 0 Å². The third kappa shape index (κ3) is 1.86. The van der Waals surface area contributed by atoms with Gasteiger partial charge in [-0.3, -0.25) is 0 Å². The predicted molar refractivity (Wildman–Crippen MR) is 67.3 cm³/mol. The standard InChI is InChI=1S/C10H12INOS/c1-2-3-7-6-12-10-8(4-5-13-10)9(7)14-11/h6H,2-5H2,1H3. The summed E-state index contributed by atoms with van der Waals surface area (Å²) >= 11 is 2.35. The van der Waals surface area contributed by atoms with Crippen LogP contribution < -0.4 is 4.74 Å². The van der Waals surface area contributed by atoms with E-state index in [0.717, 1.165) is 25.3 Å². The Morgan fingerprint density at radius 2 is 2.50 bits per heavy atom. The summed E-state index contributed by atoms with van der Waals surface area (Å²) < 4.78 is 5.45. The van der Waals surface area contributed by atoms with Gasteiger partial charge in [-0.1, -0.05) is 22.3 Å². The topological polar surface area (TPSA) is 22.1 Å². The molecule has 0 amide bonds. The van der Waals surface area contributed by atoms with E-state index in [9.17, 15) is 0 Å². The summed E-state index contributed by atoms with van der Waals surface area (Å²) in [6.07, 6.45) is 5.27. The van der Waals surface area contributed by atoms with Crippen molar-refractivity contribution in [3.63, 3.8) is 0 Å². The van der Waals surface area contributed by atoms with Crippen LogP contribution in [0.25, 0.3) is 0 Å². The Morgan fingerprint density at radius 1 is 1.64 bits per heavy atom. The molecule has 0 aromatic carbocycles. The minimum atomic E-state index is 0.794. The first kappa shape index (κ1) is 10.5. The maximum atomic E-state index is 5.45. The molecule has 0 aliphatic carbocycles. The number of aromatic nitrogens is 1. The lowest BCUT2D eigenvalue weighted by atomic mass is 10.1. The molecule has 0 bridgehead atoms. The van der Waals surface area contributed by atoms with E-state index in [4.69, 9.17) is 4.74 Å². The molecule has 14 heavy (non-hydrogen) atoms. The predicted octanol–water partition coefficient (Wildman–Crippen LogP) is 3.41. The Kier molecular flexibility index (Phi) is 3.54. The van der Waals surface area contributed by atoms with Gasteiger partial charge in [0.2, 0.25) is 5.88 Å². The van der Waals surface area contributed by atoms with Crippen molar-refractivity contribution in [3.8, 4) is 5.88 Å². The molecule has 0 atom stereocenters. The van der Waals surface area contributed by atoms with Gasteiger partial charge in [-0.05, 0) is 12.0 Å². The Balaban J connectivity index is 2.43. The third-order valence-corrected chi connectivity index (χ3v) is 4.33. The first-order valence-electron chi connectivity index (χ1n) is 4.79. The fraction of sp³-hybridized carbons (Fsp3) is 0.500. The number of aryl methyl sites for hydroxylation is 1. The number of halogens is 1. The summed E-state index contributed by atoms with van der Waals surface area (Å²) in [5.41, 5.74) is 2.69. The molecule has 1 aromatic heterocycles. The van der Waals surface area contributed by atoms with Crippen LogP contribution in [0.4, 0.5) is 0 Å². The molecule has 76 valence electrons. The molecule has 1 aliphatic rings. The number of fused-ring (bicyclic) bond motifs is 1. The summed E-state index contributed by atoms with van der Waals surface area (Å²) in [5.74, 6) is 0.851. The Morgan fingerprint density at radius 3 is 3.21 bits per heavy atom. The first-order chi connectivity index (χ1) is 6.86. The Hall–Kier alpha value is 0.0300. The highest BCUT2D eigenvalue weighted by molar-refractivity contribution is 14.2. The highest BCUT2D eigenvalue weighted by Crippen LogP contribution is 2.38. The van der Waals surface area contributed by atoms with Crippen LogP contribution in [0.2, 0.25) is 0 Å². The number of hydrogen-bond acceptors (Lipinski definition) is 3. The third-order valence-electron chi connectivity index (χ3n) is 2.35. The van der Waals surface area contributed by atoms with Gasteiger partial charge < -0.3 is 4.74 Å². The van der Waals surface area contributed by atoms with E-state index in [-0.39, 0.29) is 0 Å². The summed E-state index contributed by atoms with van der Waals surface area (Å²) in [5, 5.41) is 0. The summed E-state index contributed by atoms with van der Waals surface area (Å²) in [6, 6.07) is 0. The first-order valence-corrected chi connectivity index (χ1v) is 8.15. The van der Waals surface area contributed by atoms with Gasteiger partial charge in [-0.2, -0.15) is 0 Å². The quantitative estimate of drug-likeness (QED) is 0.797. The second-order valence-corrected chi connectivity index (χ2v) is 5.21. The maximum absolute atomic E-state index is 5.45. The highest BCUT2D eigenvalue weighted by atomic mass is 127. The maximum Gasteiger partial charge on any atom is 0.217 e. The van der Waals surface area contributed by atoms with Crippen LogP contribution in [-0.2, 0) is 12.8 Å². The van der Waals surface area contributed by atoms with Crippen molar-refractivity contribution >= 4 is 30.1 Å². The van der Waals surface area contributed by atoms with Crippen molar-refractivity contribution in [1.29, 1.82) is 0 Å². The van der Waals surface area contributed by atoms with Crippen molar-refractivity contribution in [3.05, 3.63) is 17.3 Å². The molecule has 0 N–H and O–H groups in total. The van der Waals surface area contributed by atoms with E-state index in [1.54, 1.807) is 8.93 Å². The molecule has 2 nitrogen and oxygen atoms in total. The van der Waals surface area contributed by atoms with Crippen molar-refractivity contribution < 1.29 is 4.74 Å². The molecule has 4 heteroatoms. The van der Waals surface area contributed by atoms with Crippen LogP contribution in [-0.4, -0.2) is 11.6 Å². The lowest BCUT2D eigenvalue weighted by molar-refractivity contribution is 0.344. The average molecular weight is 321 g/mol. The molecule has 0 fully saturated rings. The van der Waals surface area contributed by atoms with Gasteiger partial charge in [-0.25, -0.2) is 4.98 Å². The molecular weight excluding hydrogens is 309 g/mol. The van der Waals surface area contributed by atoms with Crippen molar-refractivity contribution in [2.24, 2.45) is 0 Å². The minimum absolute atomic E-state index is 0.794. The SMILES string of the molecule is CCCc1cnc2c(c1SI)CCO2. The summed E-state index contributed by atoms with van der Waals surface area (Å²) in [4.78, 5) is 5.73.